The molecule has 1 saturated carbocycles. The van der Waals surface area contributed by atoms with Crippen LogP contribution in [0.3, 0.4) is 0 Å². The molecule has 110 valence electrons. The number of ether oxygens (including phenoxy) is 1. The van der Waals surface area contributed by atoms with Crippen LogP contribution in [0.1, 0.15) is 33.6 Å². The molecule has 5 nitrogen and oxygen atoms in total. The van der Waals surface area contributed by atoms with Crippen molar-refractivity contribution in [3.8, 4) is 0 Å². The highest BCUT2D eigenvalue weighted by Gasteiger charge is 2.71. The third kappa shape index (κ3) is 1.41. The fraction of sp³-hybridized carbons (Fsp3) is 0.733. The summed E-state index contributed by atoms with van der Waals surface area (Å²) < 4.78 is 5.07. The van der Waals surface area contributed by atoms with Crippen LogP contribution in [-0.2, 0) is 14.3 Å². The zero-order valence-electron chi connectivity index (χ0n) is 12.0. The Morgan fingerprint density at radius 3 is 2.65 bits per heavy atom. The second-order valence-corrected chi connectivity index (χ2v) is 7.34. The molecule has 1 saturated heterocycles. The van der Waals surface area contributed by atoms with Crippen molar-refractivity contribution < 1.29 is 24.5 Å². The smallest absolute Gasteiger partial charge is 0.338 e. The minimum atomic E-state index is -1.64. The van der Waals surface area contributed by atoms with Gasteiger partial charge in [0.15, 0.2) is 5.60 Å². The molecule has 5 heteroatoms. The van der Waals surface area contributed by atoms with Crippen LogP contribution in [0.25, 0.3) is 0 Å². The minimum Gasteiger partial charge on any atom is -0.478 e. The summed E-state index contributed by atoms with van der Waals surface area (Å²) in [7, 11) is 0. The summed E-state index contributed by atoms with van der Waals surface area (Å²) >= 11 is 0. The Balaban J connectivity index is 2.16. The number of allylic oxidation sites excluding steroid dienone is 1. The van der Waals surface area contributed by atoms with Crippen LogP contribution < -0.4 is 0 Å². The first-order valence-corrected chi connectivity index (χ1v) is 6.96. The van der Waals surface area contributed by atoms with Gasteiger partial charge in [-0.3, -0.25) is 0 Å². The lowest BCUT2D eigenvalue weighted by atomic mass is 9.59. The van der Waals surface area contributed by atoms with Gasteiger partial charge < -0.3 is 14.9 Å². The average Bonchev–Trinajstić information content (AvgIpc) is 2.73. The summed E-state index contributed by atoms with van der Waals surface area (Å²) in [4.78, 5) is 23.5. The summed E-state index contributed by atoms with van der Waals surface area (Å²) in [5, 5.41) is 20.2. The highest BCUT2D eigenvalue weighted by molar-refractivity contribution is 5.90. The molecule has 0 aromatic heterocycles. The molecule has 1 aliphatic heterocycles. The van der Waals surface area contributed by atoms with E-state index in [1.54, 1.807) is 6.08 Å². The molecule has 0 bridgehead atoms. The van der Waals surface area contributed by atoms with Gasteiger partial charge in [-0.1, -0.05) is 19.9 Å². The van der Waals surface area contributed by atoms with E-state index in [1.807, 2.05) is 0 Å². The summed E-state index contributed by atoms with van der Waals surface area (Å²) in [6.45, 7) is 5.73. The Kier molecular flexibility index (Phi) is 2.48. The molecule has 0 aromatic rings. The van der Waals surface area contributed by atoms with Gasteiger partial charge in [0.05, 0.1) is 6.61 Å². The lowest BCUT2D eigenvalue weighted by Crippen LogP contribution is -2.61. The third-order valence-corrected chi connectivity index (χ3v) is 5.52. The number of aliphatic hydroxyl groups is 1. The van der Waals surface area contributed by atoms with Crippen molar-refractivity contribution in [3.63, 3.8) is 0 Å². The average molecular weight is 280 g/mol. The van der Waals surface area contributed by atoms with Crippen molar-refractivity contribution in [2.45, 2.75) is 39.2 Å². The SMILES string of the molecule is CC1(C)C[C@H]2C=C(C(=O)O)[C@H]3COC(=O)[C@](C)(O)[C@@]23C1. The van der Waals surface area contributed by atoms with Gasteiger partial charge in [-0.15, -0.1) is 0 Å². The zero-order valence-corrected chi connectivity index (χ0v) is 12.0. The Hall–Kier alpha value is -1.36. The van der Waals surface area contributed by atoms with E-state index in [0.29, 0.717) is 12.0 Å². The maximum Gasteiger partial charge on any atom is 0.338 e. The molecule has 0 aromatic carbocycles. The van der Waals surface area contributed by atoms with Crippen LogP contribution in [0.2, 0.25) is 0 Å². The second kappa shape index (κ2) is 3.64. The molecule has 1 spiro atoms. The fourth-order valence-electron chi connectivity index (χ4n) is 4.79. The summed E-state index contributed by atoms with van der Waals surface area (Å²) in [5.41, 5.74) is -2.11. The molecule has 2 N–H and O–H groups in total. The predicted molar refractivity (Wildman–Crippen MR) is 69.7 cm³/mol. The van der Waals surface area contributed by atoms with E-state index >= 15 is 0 Å². The Labute approximate surface area is 117 Å². The largest absolute Gasteiger partial charge is 0.478 e. The van der Waals surface area contributed by atoms with Crippen LogP contribution >= 0.6 is 0 Å². The van der Waals surface area contributed by atoms with E-state index in [4.69, 9.17) is 4.74 Å². The number of cyclic esters (lactones) is 1. The van der Waals surface area contributed by atoms with Crippen LogP contribution in [0.15, 0.2) is 11.6 Å². The number of hydrogen-bond donors (Lipinski definition) is 2. The van der Waals surface area contributed by atoms with Crippen LogP contribution in [0.5, 0.6) is 0 Å². The topological polar surface area (TPSA) is 83.8 Å². The van der Waals surface area contributed by atoms with Crippen molar-refractivity contribution in [3.05, 3.63) is 11.6 Å². The zero-order chi connectivity index (χ0) is 14.9. The molecule has 1 heterocycles. The maximum atomic E-state index is 12.0. The van der Waals surface area contributed by atoms with Crippen molar-refractivity contribution >= 4 is 11.9 Å². The molecule has 20 heavy (non-hydrogen) atoms. The third-order valence-electron chi connectivity index (χ3n) is 5.52. The second-order valence-electron chi connectivity index (χ2n) is 7.34. The molecular formula is C15H20O5. The summed E-state index contributed by atoms with van der Waals surface area (Å²) in [6, 6.07) is 0. The number of carbonyl (C=O) groups is 2. The standard InChI is InChI=1S/C15H20O5/c1-13(2)5-8-4-9(11(16)17)10-6-20-12(18)14(3,19)15(8,10)7-13/h4,8,10,19H,5-7H2,1-3H3,(H,16,17)/t8-,10-,14+,15+/m1/s1. The molecule has 0 unspecified atom stereocenters. The Bertz CT molecular complexity index is 530. The van der Waals surface area contributed by atoms with Gasteiger partial charge in [-0.2, -0.15) is 0 Å². The van der Waals surface area contributed by atoms with Crippen LogP contribution in [-0.4, -0.2) is 34.4 Å². The highest BCUT2D eigenvalue weighted by Crippen LogP contribution is 2.68. The Morgan fingerprint density at radius 2 is 2.05 bits per heavy atom. The lowest BCUT2D eigenvalue weighted by Gasteiger charge is -2.49. The van der Waals surface area contributed by atoms with Gasteiger partial charge in [0, 0.05) is 16.9 Å². The molecule has 2 aliphatic carbocycles. The quantitative estimate of drug-likeness (QED) is 0.708. The van der Waals surface area contributed by atoms with Gasteiger partial charge in [-0.05, 0) is 31.1 Å². The molecule has 0 radical (unpaired) electrons. The Morgan fingerprint density at radius 1 is 1.40 bits per heavy atom. The minimum absolute atomic E-state index is 0.0228. The normalized spacial score (nSPS) is 45.4. The van der Waals surface area contributed by atoms with E-state index in [1.165, 1.54) is 6.92 Å². The number of esters is 1. The van der Waals surface area contributed by atoms with E-state index in [2.05, 4.69) is 13.8 Å². The number of hydrogen-bond acceptors (Lipinski definition) is 4. The van der Waals surface area contributed by atoms with E-state index in [9.17, 15) is 19.8 Å². The van der Waals surface area contributed by atoms with Gasteiger partial charge >= 0.3 is 11.9 Å². The molecule has 0 amide bonds. The van der Waals surface area contributed by atoms with Gasteiger partial charge in [0.2, 0.25) is 0 Å². The number of carboxylic acid groups (broad SMARTS) is 1. The number of carboxylic acids is 1. The molecule has 2 fully saturated rings. The van der Waals surface area contributed by atoms with Gasteiger partial charge in [0.25, 0.3) is 0 Å². The van der Waals surface area contributed by atoms with Gasteiger partial charge in [-0.25, -0.2) is 9.59 Å². The number of rotatable bonds is 1. The fourth-order valence-corrected chi connectivity index (χ4v) is 4.79. The predicted octanol–water partition coefficient (Wildman–Crippen LogP) is 1.36. The molecule has 3 aliphatic rings. The monoisotopic (exact) mass is 280 g/mol. The molecule has 4 atom stereocenters. The van der Waals surface area contributed by atoms with Gasteiger partial charge in [0.1, 0.15) is 0 Å². The number of aliphatic carboxylic acids is 1. The molecular weight excluding hydrogens is 260 g/mol. The van der Waals surface area contributed by atoms with Crippen molar-refractivity contribution in [1.82, 2.24) is 0 Å². The molecule has 3 rings (SSSR count). The van der Waals surface area contributed by atoms with E-state index < -0.39 is 28.9 Å². The maximum absolute atomic E-state index is 12.0. The van der Waals surface area contributed by atoms with Crippen molar-refractivity contribution in [2.75, 3.05) is 6.61 Å². The van der Waals surface area contributed by atoms with Crippen LogP contribution in [0, 0.1) is 22.7 Å². The summed E-state index contributed by atoms with van der Waals surface area (Å²) in [5.74, 6) is -2.11. The van der Waals surface area contributed by atoms with E-state index in [0.717, 1.165) is 6.42 Å². The van der Waals surface area contributed by atoms with Crippen molar-refractivity contribution in [2.24, 2.45) is 22.7 Å². The first-order chi connectivity index (χ1) is 9.12. The van der Waals surface area contributed by atoms with E-state index in [-0.39, 0.29) is 17.9 Å². The van der Waals surface area contributed by atoms with Crippen molar-refractivity contribution in [1.29, 1.82) is 0 Å². The highest BCUT2D eigenvalue weighted by atomic mass is 16.6. The first kappa shape index (κ1) is 13.6. The first-order valence-electron chi connectivity index (χ1n) is 6.96. The van der Waals surface area contributed by atoms with Crippen LogP contribution in [0.4, 0.5) is 0 Å². The lowest BCUT2D eigenvalue weighted by molar-refractivity contribution is -0.208. The number of carbonyl (C=O) groups excluding carboxylic acids is 1. The summed E-state index contributed by atoms with van der Waals surface area (Å²) in [6.07, 6.45) is 3.16.